The zero-order chi connectivity index (χ0) is 9.47. The molecule has 0 unspecified atom stereocenters. The molecular weight excluding hydrogens is 162 g/mol. The van der Waals surface area contributed by atoms with Crippen LogP contribution < -0.4 is 5.32 Å². The van der Waals surface area contributed by atoms with Crippen molar-refractivity contribution in [1.82, 2.24) is 5.32 Å². The van der Waals surface area contributed by atoms with Gasteiger partial charge in [-0.1, -0.05) is 24.3 Å². The Morgan fingerprint density at radius 2 is 2.00 bits per heavy atom. The molecule has 2 heteroatoms. The molecule has 2 nitrogen and oxygen atoms in total. The Balaban J connectivity index is 2.61. The van der Waals surface area contributed by atoms with Gasteiger partial charge < -0.3 is 5.32 Å². The maximum absolute atomic E-state index is 11.5. The third-order valence-electron chi connectivity index (χ3n) is 2.59. The summed E-state index contributed by atoms with van der Waals surface area (Å²) >= 11 is 0. The molecule has 0 amide bonds. The third-order valence-corrected chi connectivity index (χ3v) is 2.59. The Morgan fingerprint density at radius 3 is 2.69 bits per heavy atom. The SMILES string of the molecule is CC1(C)NCC(=O)c2ccccc21. The van der Waals surface area contributed by atoms with Crippen LogP contribution in [0.2, 0.25) is 0 Å². The molecule has 0 atom stereocenters. The van der Waals surface area contributed by atoms with Gasteiger partial charge in [-0.3, -0.25) is 4.79 Å². The predicted octanol–water partition coefficient (Wildman–Crippen LogP) is 1.71. The highest BCUT2D eigenvalue weighted by Crippen LogP contribution is 2.27. The number of hydrogen-bond donors (Lipinski definition) is 1. The summed E-state index contributed by atoms with van der Waals surface area (Å²) in [5, 5.41) is 3.21. The van der Waals surface area contributed by atoms with Gasteiger partial charge in [-0.05, 0) is 19.4 Å². The highest BCUT2D eigenvalue weighted by Gasteiger charge is 2.30. The van der Waals surface area contributed by atoms with Gasteiger partial charge in [0.15, 0.2) is 5.78 Å². The van der Waals surface area contributed by atoms with Gasteiger partial charge in [0, 0.05) is 11.1 Å². The lowest BCUT2D eigenvalue weighted by Gasteiger charge is -2.32. The molecular formula is C11H13NO. The molecule has 0 saturated heterocycles. The Kier molecular flexibility index (Phi) is 1.74. The molecule has 1 aromatic carbocycles. The molecule has 68 valence electrons. The van der Waals surface area contributed by atoms with Crippen molar-refractivity contribution < 1.29 is 4.79 Å². The second-order valence-electron chi connectivity index (χ2n) is 3.95. The van der Waals surface area contributed by atoms with Crippen molar-refractivity contribution in [2.45, 2.75) is 19.4 Å². The first kappa shape index (κ1) is 8.45. The molecule has 0 fully saturated rings. The van der Waals surface area contributed by atoms with Gasteiger partial charge in [-0.25, -0.2) is 0 Å². The monoisotopic (exact) mass is 175 g/mol. The summed E-state index contributed by atoms with van der Waals surface area (Å²) in [5.41, 5.74) is 1.89. The van der Waals surface area contributed by atoms with Gasteiger partial charge in [0.05, 0.1) is 6.54 Å². The summed E-state index contributed by atoms with van der Waals surface area (Å²) in [7, 11) is 0. The van der Waals surface area contributed by atoms with Crippen LogP contribution in [0.1, 0.15) is 29.8 Å². The average molecular weight is 175 g/mol. The van der Waals surface area contributed by atoms with Gasteiger partial charge >= 0.3 is 0 Å². The van der Waals surface area contributed by atoms with Crippen LogP contribution in [0.3, 0.4) is 0 Å². The largest absolute Gasteiger partial charge is 0.301 e. The van der Waals surface area contributed by atoms with E-state index in [9.17, 15) is 4.79 Å². The van der Waals surface area contributed by atoms with Crippen LogP contribution in [-0.2, 0) is 5.54 Å². The summed E-state index contributed by atoms with van der Waals surface area (Å²) in [6, 6.07) is 7.80. The maximum Gasteiger partial charge on any atom is 0.176 e. The fraction of sp³-hybridized carbons (Fsp3) is 0.364. The van der Waals surface area contributed by atoms with Crippen molar-refractivity contribution in [2.24, 2.45) is 0 Å². The minimum Gasteiger partial charge on any atom is -0.301 e. The van der Waals surface area contributed by atoms with Gasteiger partial charge in [-0.2, -0.15) is 0 Å². The van der Waals surface area contributed by atoms with E-state index in [1.807, 2.05) is 24.3 Å². The normalized spacial score (nSPS) is 19.7. The molecule has 0 aromatic heterocycles. The average Bonchev–Trinajstić information content (AvgIpc) is 2.13. The quantitative estimate of drug-likeness (QED) is 0.650. The van der Waals surface area contributed by atoms with Gasteiger partial charge in [0.1, 0.15) is 0 Å². The summed E-state index contributed by atoms with van der Waals surface area (Å²) in [6.07, 6.45) is 0. The first-order valence-electron chi connectivity index (χ1n) is 4.49. The summed E-state index contributed by atoms with van der Waals surface area (Å²) in [4.78, 5) is 11.5. The van der Waals surface area contributed by atoms with Crippen molar-refractivity contribution in [3.8, 4) is 0 Å². The lowest BCUT2D eigenvalue weighted by Crippen LogP contribution is -2.45. The Bertz CT molecular complexity index is 355. The van der Waals surface area contributed by atoms with Crippen molar-refractivity contribution >= 4 is 5.78 Å². The summed E-state index contributed by atoms with van der Waals surface area (Å²) < 4.78 is 0. The van der Waals surface area contributed by atoms with Crippen LogP contribution in [0, 0.1) is 0 Å². The highest BCUT2D eigenvalue weighted by molar-refractivity contribution is 6.00. The number of ketones is 1. The number of hydrogen-bond acceptors (Lipinski definition) is 2. The van der Waals surface area contributed by atoms with Crippen LogP contribution in [0.15, 0.2) is 24.3 Å². The van der Waals surface area contributed by atoms with E-state index >= 15 is 0 Å². The molecule has 0 bridgehead atoms. The minimum absolute atomic E-state index is 0.0789. The van der Waals surface area contributed by atoms with Gasteiger partial charge in [0.2, 0.25) is 0 Å². The van der Waals surface area contributed by atoms with Crippen LogP contribution in [0.5, 0.6) is 0 Å². The van der Waals surface area contributed by atoms with E-state index in [4.69, 9.17) is 0 Å². The third kappa shape index (κ3) is 1.27. The zero-order valence-corrected chi connectivity index (χ0v) is 7.92. The summed E-state index contributed by atoms with van der Waals surface area (Å²) in [6.45, 7) is 4.64. The van der Waals surface area contributed by atoms with Gasteiger partial charge in [-0.15, -0.1) is 0 Å². The minimum atomic E-state index is -0.0789. The number of fused-ring (bicyclic) bond motifs is 1. The number of carbonyl (C=O) groups is 1. The molecule has 1 aliphatic rings. The molecule has 13 heavy (non-hydrogen) atoms. The van der Waals surface area contributed by atoms with Crippen molar-refractivity contribution in [2.75, 3.05) is 6.54 Å². The van der Waals surface area contributed by atoms with E-state index in [2.05, 4.69) is 19.2 Å². The second-order valence-corrected chi connectivity index (χ2v) is 3.95. The second kappa shape index (κ2) is 2.67. The molecule has 2 rings (SSSR count). The predicted molar refractivity (Wildman–Crippen MR) is 51.8 cm³/mol. The zero-order valence-electron chi connectivity index (χ0n) is 7.92. The van der Waals surface area contributed by atoms with Crippen molar-refractivity contribution in [1.29, 1.82) is 0 Å². The molecule has 1 N–H and O–H groups in total. The van der Waals surface area contributed by atoms with E-state index in [1.54, 1.807) is 0 Å². The van der Waals surface area contributed by atoms with E-state index < -0.39 is 0 Å². The van der Waals surface area contributed by atoms with Crippen LogP contribution in [0.4, 0.5) is 0 Å². The Morgan fingerprint density at radius 1 is 1.31 bits per heavy atom. The van der Waals surface area contributed by atoms with E-state index in [0.717, 1.165) is 11.1 Å². The number of rotatable bonds is 0. The molecule has 0 aliphatic carbocycles. The van der Waals surface area contributed by atoms with Crippen LogP contribution >= 0.6 is 0 Å². The standard InChI is InChI=1S/C11H13NO/c1-11(2)9-6-4-3-5-8(9)10(13)7-12-11/h3-6,12H,7H2,1-2H3. The first-order valence-corrected chi connectivity index (χ1v) is 4.49. The molecule has 0 radical (unpaired) electrons. The topological polar surface area (TPSA) is 29.1 Å². The fourth-order valence-corrected chi connectivity index (χ4v) is 1.76. The first-order chi connectivity index (χ1) is 6.11. The van der Waals surface area contributed by atoms with E-state index in [1.165, 1.54) is 0 Å². The van der Waals surface area contributed by atoms with Crippen LogP contribution in [-0.4, -0.2) is 12.3 Å². The van der Waals surface area contributed by atoms with Gasteiger partial charge in [0.25, 0.3) is 0 Å². The number of Topliss-reactive ketones (excluding diaryl/α,β-unsaturated/α-hetero) is 1. The lowest BCUT2D eigenvalue weighted by atomic mass is 9.85. The number of carbonyl (C=O) groups excluding carboxylic acids is 1. The summed E-state index contributed by atoms with van der Waals surface area (Å²) in [5.74, 6) is 0.190. The Labute approximate surface area is 78.0 Å². The van der Waals surface area contributed by atoms with Crippen molar-refractivity contribution in [3.63, 3.8) is 0 Å². The maximum atomic E-state index is 11.5. The number of benzene rings is 1. The van der Waals surface area contributed by atoms with E-state index in [0.29, 0.717) is 6.54 Å². The number of nitrogens with one attached hydrogen (secondary N) is 1. The fourth-order valence-electron chi connectivity index (χ4n) is 1.76. The molecule has 0 spiro atoms. The smallest absolute Gasteiger partial charge is 0.176 e. The van der Waals surface area contributed by atoms with Crippen LogP contribution in [0.25, 0.3) is 0 Å². The molecule has 1 heterocycles. The molecule has 0 saturated carbocycles. The van der Waals surface area contributed by atoms with E-state index in [-0.39, 0.29) is 11.3 Å². The lowest BCUT2D eigenvalue weighted by molar-refractivity contribution is 0.0962. The molecule has 1 aromatic rings. The molecule has 1 aliphatic heterocycles. The highest BCUT2D eigenvalue weighted by atomic mass is 16.1. The van der Waals surface area contributed by atoms with Crippen molar-refractivity contribution in [3.05, 3.63) is 35.4 Å². The Hall–Kier alpha value is -1.15.